The van der Waals surface area contributed by atoms with Gasteiger partial charge in [0, 0.05) is 25.4 Å². The molecule has 156 valence electrons. The van der Waals surface area contributed by atoms with Crippen molar-refractivity contribution in [3.8, 4) is 11.5 Å². The lowest BCUT2D eigenvalue weighted by Gasteiger charge is -2.17. The second-order valence-corrected chi connectivity index (χ2v) is 8.42. The van der Waals surface area contributed by atoms with Gasteiger partial charge in [-0.15, -0.1) is 24.0 Å². The zero-order chi connectivity index (χ0) is 19.6. The number of rotatable bonds is 10. The maximum Gasteiger partial charge on any atom is 0.191 e. The normalized spacial score (nSPS) is 12.7. The average molecular weight is 513 g/mol. The summed E-state index contributed by atoms with van der Waals surface area (Å²) in [6.45, 7) is 5.28. The molecule has 27 heavy (non-hydrogen) atoms. The van der Waals surface area contributed by atoms with Crippen LogP contribution in [0.5, 0.6) is 11.5 Å². The van der Waals surface area contributed by atoms with E-state index >= 15 is 0 Å². The van der Waals surface area contributed by atoms with Crippen LogP contribution >= 0.6 is 24.0 Å². The van der Waals surface area contributed by atoms with E-state index in [-0.39, 0.29) is 35.8 Å². The molecule has 1 atom stereocenters. The van der Waals surface area contributed by atoms with Crippen molar-refractivity contribution in [2.45, 2.75) is 32.7 Å². The van der Waals surface area contributed by atoms with Crippen LogP contribution < -0.4 is 20.1 Å². The minimum Gasteiger partial charge on any atom is -0.493 e. The van der Waals surface area contributed by atoms with E-state index < -0.39 is 9.84 Å². The van der Waals surface area contributed by atoms with E-state index in [1.165, 1.54) is 6.26 Å². The van der Waals surface area contributed by atoms with Gasteiger partial charge in [0.1, 0.15) is 9.84 Å². The van der Waals surface area contributed by atoms with E-state index in [2.05, 4.69) is 15.6 Å². The minimum atomic E-state index is -2.96. The molecule has 9 heteroatoms. The van der Waals surface area contributed by atoms with Crippen molar-refractivity contribution in [3.05, 3.63) is 23.8 Å². The van der Waals surface area contributed by atoms with Gasteiger partial charge in [-0.3, -0.25) is 4.99 Å². The van der Waals surface area contributed by atoms with Crippen molar-refractivity contribution in [1.82, 2.24) is 10.6 Å². The van der Waals surface area contributed by atoms with Gasteiger partial charge in [0.2, 0.25) is 0 Å². The van der Waals surface area contributed by atoms with Crippen molar-refractivity contribution in [2.24, 2.45) is 4.99 Å². The molecule has 2 N–H and O–H groups in total. The number of guanidine groups is 1. The van der Waals surface area contributed by atoms with Gasteiger partial charge in [-0.1, -0.05) is 6.07 Å². The van der Waals surface area contributed by atoms with Gasteiger partial charge >= 0.3 is 0 Å². The molecule has 7 nitrogen and oxygen atoms in total. The number of nitrogens with zero attached hydrogens (tertiary/aromatic N) is 1. The van der Waals surface area contributed by atoms with E-state index in [4.69, 9.17) is 9.47 Å². The molecule has 0 fully saturated rings. The molecule has 0 aliphatic rings. The van der Waals surface area contributed by atoms with E-state index in [0.29, 0.717) is 30.4 Å². The van der Waals surface area contributed by atoms with Gasteiger partial charge in [-0.05, 0) is 44.4 Å². The molecule has 0 amide bonds. The number of nitrogens with one attached hydrogen (secondary N) is 2. The zero-order valence-corrected chi connectivity index (χ0v) is 19.9. The molecule has 0 radical (unpaired) electrons. The first kappa shape index (κ1) is 25.8. The fourth-order valence-corrected chi connectivity index (χ4v) is 3.13. The predicted octanol–water partition coefficient (Wildman–Crippen LogP) is 2.24. The number of halogens is 1. The zero-order valence-electron chi connectivity index (χ0n) is 16.7. The van der Waals surface area contributed by atoms with Crippen molar-refractivity contribution in [2.75, 3.05) is 39.3 Å². The number of hydrogen-bond donors (Lipinski definition) is 2. The Morgan fingerprint density at radius 1 is 1.22 bits per heavy atom. The largest absolute Gasteiger partial charge is 0.493 e. The molecule has 1 aromatic carbocycles. The van der Waals surface area contributed by atoms with E-state index in [1.807, 2.05) is 32.0 Å². The highest BCUT2D eigenvalue weighted by Crippen LogP contribution is 2.27. The summed E-state index contributed by atoms with van der Waals surface area (Å²) in [5, 5.41) is 6.43. The highest BCUT2D eigenvalue weighted by molar-refractivity contribution is 14.0. The molecule has 0 saturated heterocycles. The first-order valence-electron chi connectivity index (χ1n) is 8.72. The van der Waals surface area contributed by atoms with Crippen LogP contribution in [0.3, 0.4) is 0 Å². The summed E-state index contributed by atoms with van der Waals surface area (Å²) in [6.07, 6.45) is 2.55. The van der Waals surface area contributed by atoms with Crippen LogP contribution in [0.2, 0.25) is 0 Å². The molecular formula is C18H32IN3O4S. The van der Waals surface area contributed by atoms with Gasteiger partial charge in [-0.25, -0.2) is 8.42 Å². The van der Waals surface area contributed by atoms with Gasteiger partial charge < -0.3 is 20.1 Å². The standard InChI is InChI=1S/C18H31N3O4S.HI/c1-6-19-18(21-14(2)10-12-26(5,22)23)20-11-9-15-7-8-16(24-3)17(13-15)25-4;/h7-8,13-14H,6,9-12H2,1-5H3,(H2,19,20,21);1H. The van der Waals surface area contributed by atoms with E-state index in [0.717, 1.165) is 18.5 Å². The van der Waals surface area contributed by atoms with Crippen molar-refractivity contribution in [1.29, 1.82) is 0 Å². The Hall–Kier alpha value is -1.23. The number of aliphatic imine (C=N–C) groups is 1. The Morgan fingerprint density at radius 2 is 1.89 bits per heavy atom. The third-order valence-electron chi connectivity index (χ3n) is 3.77. The SMILES string of the molecule is CCNC(=NCCc1ccc(OC)c(OC)c1)NC(C)CCS(C)(=O)=O.I. The van der Waals surface area contributed by atoms with Crippen LogP contribution in [0.25, 0.3) is 0 Å². The molecule has 1 rings (SSSR count). The maximum atomic E-state index is 11.3. The number of benzene rings is 1. The molecule has 1 aromatic rings. The fourth-order valence-electron chi connectivity index (χ4n) is 2.35. The third kappa shape index (κ3) is 10.6. The topological polar surface area (TPSA) is 89.0 Å². The van der Waals surface area contributed by atoms with Crippen LogP contribution in [0.1, 0.15) is 25.8 Å². The summed E-state index contributed by atoms with van der Waals surface area (Å²) in [4.78, 5) is 4.56. The number of ether oxygens (including phenoxy) is 2. The Kier molecular flexibility index (Phi) is 12.4. The quantitative estimate of drug-likeness (QED) is 0.284. The van der Waals surface area contributed by atoms with Crippen molar-refractivity contribution >= 4 is 39.8 Å². The number of sulfone groups is 1. The smallest absolute Gasteiger partial charge is 0.191 e. The second kappa shape index (κ2) is 13.0. The average Bonchev–Trinajstić information content (AvgIpc) is 2.59. The monoisotopic (exact) mass is 513 g/mol. The van der Waals surface area contributed by atoms with Crippen LogP contribution in [0.4, 0.5) is 0 Å². The third-order valence-corrected chi connectivity index (χ3v) is 4.74. The Bertz CT molecular complexity index is 696. The Balaban J connectivity index is 0.00000676. The summed E-state index contributed by atoms with van der Waals surface area (Å²) < 4.78 is 33.1. The Morgan fingerprint density at radius 3 is 2.44 bits per heavy atom. The molecular weight excluding hydrogens is 481 g/mol. The first-order valence-corrected chi connectivity index (χ1v) is 10.8. The second-order valence-electron chi connectivity index (χ2n) is 6.16. The molecule has 0 spiro atoms. The molecule has 0 aliphatic heterocycles. The van der Waals surface area contributed by atoms with Crippen LogP contribution in [0.15, 0.2) is 23.2 Å². The molecule has 0 aromatic heterocycles. The maximum absolute atomic E-state index is 11.3. The van der Waals surface area contributed by atoms with Crippen molar-refractivity contribution < 1.29 is 17.9 Å². The molecule has 0 aliphatic carbocycles. The summed E-state index contributed by atoms with van der Waals surface area (Å²) in [5.74, 6) is 2.25. The highest BCUT2D eigenvalue weighted by Gasteiger charge is 2.09. The van der Waals surface area contributed by atoms with Gasteiger partial charge in [0.05, 0.1) is 20.0 Å². The highest BCUT2D eigenvalue weighted by atomic mass is 127. The van der Waals surface area contributed by atoms with E-state index in [9.17, 15) is 8.42 Å². The van der Waals surface area contributed by atoms with Gasteiger partial charge in [0.15, 0.2) is 17.5 Å². The minimum absolute atomic E-state index is 0. The summed E-state index contributed by atoms with van der Waals surface area (Å²) in [6, 6.07) is 5.84. The molecule has 1 unspecified atom stereocenters. The fraction of sp³-hybridized carbons (Fsp3) is 0.611. The van der Waals surface area contributed by atoms with Crippen LogP contribution in [-0.4, -0.2) is 59.7 Å². The lowest BCUT2D eigenvalue weighted by molar-refractivity contribution is 0.354. The lowest BCUT2D eigenvalue weighted by atomic mass is 10.1. The summed E-state index contributed by atoms with van der Waals surface area (Å²) >= 11 is 0. The summed E-state index contributed by atoms with van der Waals surface area (Å²) in [7, 11) is 0.273. The Labute approximate surface area is 180 Å². The van der Waals surface area contributed by atoms with E-state index in [1.54, 1.807) is 14.2 Å². The molecule has 0 heterocycles. The summed E-state index contributed by atoms with van der Waals surface area (Å²) in [5.41, 5.74) is 1.10. The van der Waals surface area contributed by atoms with Crippen LogP contribution in [0, 0.1) is 0 Å². The van der Waals surface area contributed by atoms with Gasteiger partial charge in [0.25, 0.3) is 0 Å². The molecule has 0 saturated carbocycles. The first-order chi connectivity index (χ1) is 12.3. The molecule has 0 bridgehead atoms. The lowest BCUT2D eigenvalue weighted by Crippen LogP contribution is -2.43. The van der Waals surface area contributed by atoms with Crippen LogP contribution in [-0.2, 0) is 16.3 Å². The van der Waals surface area contributed by atoms with Crippen molar-refractivity contribution in [3.63, 3.8) is 0 Å². The number of hydrogen-bond acceptors (Lipinski definition) is 5. The van der Waals surface area contributed by atoms with Gasteiger partial charge in [-0.2, -0.15) is 0 Å². The predicted molar refractivity (Wildman–Crippen MR) is 122 cm³/mol. The number of methoxy groups -OCH3 is 2.